The summed E-state index contributed by atoms with van der Waals surface area (Å²) in [6.45, 7) is 4.11. The van der Waals surface area contributed by atoms with Crippen molar-refractivity contribution in [3.8, 4) is 11.5 Å². The molecule has 0 aliphatic carbocycles. The normalized spacial score (nSPS) is 11.1. The molecule has 0 bridgehead atoms. The van der Waals surface area contributed by atoms with Crippen LogP contribution >= 0.6 is 11.6 Å². The standard InChI is InChI=1S/C19H19ClN4O3/c1-4-27-18-14(20)9-13(10-15(18)26-3)11-21-23-19(25)17-12(2)22-16-7-5-6-8-24(16)17/h5-11H,4H2,1-3H3,(H,23,25)/b21-11-. The molecule has 0 aliphatic rings. The quantitative estimate of drug-likeness (QED) is 0.519. The molecule has 0 saturated heterocycles. The average Bonchev–Trinajstić information content (AvgIpc) is 2.99. The summed E-state index contributed by atoms with van der Waals surface area (Å²) in [5.74, 6) is 0.616. The number of fused-ring (bicyclic) bond motifs is 1. The number of hydrogen-bond donors (Lipinski definition) is 1. The summed E-state index contributed by atoms with van der Waals surface area (Å²) in [6, 6.07) is 8.95. The number of nitrogens with one attached hydrogen (secondary N) is 1. The molecule has 0 atom stereocenters. The molecule has 0 aliphatic heterocycles. The number of carbonyl (C=O) groups excluding carboxylic acids is 1. The lowest BCUT2D eigenvalue weighted by Crippen LogP contribution is -2.20. The Hall–Kier alpha value is -3.06. The van der Waals surface area contributed by atoms with Gasteiger partial charge in [0.2, 0.25) is 0 Å². The predicted octanol–water partition coefficient (Wildman–Crippen LogP) is 3.47. The second-order valence-corrected chi connectivity index (χ2v) is 6.05. The molecule has 0 fully saturated rings. The van der Waals surface area contributed by atoms with E-state index in [0.29, 0.717) is 45.7 Å². The van der Waals surface area contributed by atoms with Crippen LogP contribution in [0.4, 0.5) is 0 Å². The lowest BCUT2D eigenvalue weighted by molar-refractivity contribution is 0.0948. The number of carbonyl (C=O) groups is 1. The molecule has 7 nitrogen and oxygen atoms in total. The van der Waals surface area contributed by atoms with Crippen molar-refractivity contribution in [2.45, 2.75) is 13.8 Å². The molecule has 1 amide bonds. The molecule has 8 heteroatoms. The van der Waals surface area contributed by atoms with Crippen LogP contribution in [-0.4, -0.2) is 35.2 Å². The Labute approximate surface area is 161 Å². The van der Waals surface area contributed by atoms with E-state index in [-0.39, 0.29) is 5.91 Å². The van der Waals surface area contributed by atoms with E-state index in [0.717, 1.165) is 0 Å². The Bertz CT molecular complexity index is 1010. The van der Waals surface area contributed by atoms with E-state index in [1.54, 1.807) is 29.7 Å². The van der Waals surface area contributed by atoms with E-state index >= 15 is 0 Å². The summed E-state index contributed by atoms with van der Waals surface area (Å²) in [5.41, 5.74) is 4.94. The van der Waals surface area contributed by atoms with Crippen molar-refractivity contribution >= 4 is 29.4 Å². The van der Waals surface area contributed by atoms with Crippen LogP contribution in [0.25, 0.3) is 5.65 Å². The van der Waals surface area contributed by atoms with Gasteiger partial charge < -0.3 is 9.47 Å². The molecule has 2 heterocycles. The number of benzene rings is 1. The first kappa shape index (κ1) is 18.7. The van der Waals surface area contributed by atoms with E-state index in [2.05, 4.69) is 15.5 Å². The molecular weight excluding hydrogens is 368 g/mol. The first-order chi connectivity index (χ1) is 13.0. The highest BCUT2D eigenvalue weighted by atomic mass is 35.5. The summed E-state index contributed by atoms with van der Waals surface area (Å²) in [6.07, 6.45) is 3.27. The van der Waals surface area contributed by atoms with Crippen LogP contribution in [0.1, 0.15) is 28.7 Å². The van der Waals surface area contributed by atoms with Gasteiger partial charge in [-0.2, -0.15) is 5.10 Å². The van der Waals surface area contributed by atoms with Crippen molar-refractivity contribution in [2.24, 2.45) is 5.10 Å². The lowest BCUT2D eigenvalue weighted by atomic mass is 10.2. The predicted molar refractivity (Wildman–Crippen MR) is 104 cm³/mol. The summed E-state index contributed by atoms with van der Waals surface area (Å²) in [4.78, 5) is 16.9. The van der Waals surface area contributed by atoms with Crippen LogP contribution in [0.5, 0.6) is 11.5 Å². The maximum absolute atomic E-state index is 12.5. The number of aryl methyl sites for hydroxylation is 1. The van der Waals surface area contributed by atoms with Crippen molar-refractivity contribution in [3.63, 3.8) is 0 Å². The highest BCUT2D eigenvalue weighted by molar-refractivity contribution is 6.32. The number of aromatic nitrogens is 2. The van der Waals surface area contributed by atoms with E-state index < -0.39 is 0 Å². The van der Waals surface area contributed by atoms with E-state index in [1.165, 1.54) is 13.3 Å². The van der Waals surface area contributed by atoms with Crippen LogP contribution in [0.3, 0.4) is 0 Å². The molecule has 3 aromatic rings. The Kier molecular flexibility index (Phi) is 5.61. The van der Waals surface area contributed by atoms with Gasteiger partial charge in [0.25, 0.3) is 5.91 Å². The SMILES string of the molecule is CCOc1c(Cl)cc(/C=N\NC(=O)c2c(C)nc3ccccn23)cc1OC. The van der Waals surface area contributed by atoms with Gasteiger partial charge in [-0.15, -0.1) is 0 Å². The molecular formula is C19H19ClN4O3. The van der Waals surface area contributed by atoms with Crippen LogP contribution < -0.4 is 14.9 Å². The summed E-state index contributed by atoms with van der Waals surface area (Å²) < 4.78 is 12.5. The maximum Gasteiger partial charge on any atom is 0.290 e. The number of pyridine rings is 1. The van der Waals surface area contributed by atoms with Crippen LogP contribution in [0.2, 0.25) is 5.02 Å². The zero-order valence-corrected chi connectivity index (χ0v) is 15.9. The van der Waals surface area contributed by atoms with Gasteiger partial charge in [0.15, 0.2) is 11.5 Å². The third kappa shape index (κ3) is 3.88. The minimum Gasteiger partial charge on any atom is -0.493 e. The van der Waals surface area contributed by atoms with E-state index in [9.17, 15) is 4.79 Å². The molecule has 3 rings (SSSR count). The highest BCUT2D eigenvalue weighted by Crippen LogP contribution is 2.35. The van der Waals surface area contributed by atoms with Crippen molar-refractivity contribution in [1.29, 1.82) is 0 Å². The summed E-state index contributed by atoms with van der Waals surface area (Å²) in [7, 11) is 1.53. The number of ether oxygens (including phenoxy) is 2. The number of hydrogen-bond acceptors (Lipinski definition) is 5. The number of hydrazone groups is 1. The lowest BCUT2D eigenvalue weighted by Gasteiger charge is -2.11. The minimum absolute atomic E-state index is 0.355. The Morgan fingerprint density at radius 3 is 2.96 bits per heavy atom. The number of imidazole rings is 1. The molecule has 1 N–H and O–H groups in total. The monoisotopic (exact) mass is 386 g/mol. The molecule has 0 spiro atoms. The zero-order chi connectivity index (χ0) is 19.4. The zero-order valence-electron chi connectivity index (χ0n) is 15.2. The molecule has 140 valence electrons. The number of amides is 1. The maximum atomic E-state index is 12.5. The highest BCUT2D eigenvalue weighted by Gasteiger charge is 2.16. The second-order valence-electron chi connectivity index (χ2n) is 5.64. The topological polar surface area (TPSA) is 77.2 Å². The molecule has 0 radical (unpaired) electrons. The average molecular weight is 387 g/mol. The Balaban J connectivity index is 1.80. The summed E-state index contributed by atoms with van der Waals surface area (Å²) in [5, 5.41) is 4.42. The van der Waals surface area contributed by atoms with Gasteiger partial charge in [0.05, 0.1) is 30.6 Å². The molecule has 27 heavy (non-hydrogen) atoms. The van der Waals surface area contributed by atoms with E-state index in [1.807, 2.05) is 25.1 Å². The first-order valence-corrected chi connectivity index (χ1v) is 8.70. The van der Waals surface area contributed by atoms with Gasteiger partial charge in [-0.25, -0.2) is 10.4 Å². The number of nitrogens with zero attached hydrogens (tertiary/aromatic N) is 3. The second kappa shape index (κ2) is 8.09. The van der Waals surface area contributed by atoms with Crippen LogP contribution in [0.15, 0.2) is 41.6 Å². The summed E-state index contributed by atoms with van der Waals surface area (Å²) >= 11 is 6.24. The van der Waals surface area contributed by atoms with Crippen molar-refractivity contribution < 1.29 is 14.3 Å². The number of halogens is 1. The van der Waals surface area contributed by atoms with Gasteiger partial charge in [-0.3, -0.25) is 9.20 Å². The van der Waals surface area contributed by atoms with Crippen molar-refractivity contribution in [1.82, 2.24) is 14.8 Å². The van der Waals surface area contributed by atoms with Gasteiger partial charge in [0, 0.05) is 6.20 Å². The molecule has 0 saturated carbocycles. The Morgan fingerprint density at radius 1 is 1.41 bits per heavy atom. The van der Waals surface area contributed by atoms with E-state index in [4.69, 9.17) is 21.1 Å². The van der Waals surface area contributed by atoms with Crippen molar-refractivity contribution in [2.75, 3.05) is 13.7 Å². The molecule has 0 unspecified atom stereocenters. The van der Waals surface area contributed by atoms with Gasteiger partial charge in [-0.1, -0.05) is 17.7 Å². The fraction of sp³-hybridized carbons (Fsp3) is 0.211. The van der Waals surface area contributed by atoms with Gasteiger partial charge >= 0.3 is 0 Å². The Morgan fingerprint density at radius 2 is 2.22 bits per heavy atom. The minimum atomic E-state index is -0.355. The number of rotatable bonds is 6. The third-order valence-corrected chi connectivity index (χ3v) is 4.12. The fourth-order valence-corrected chi connectivity index (χ4v) is 2.98. The first-order valence-electron chi connectivity index (χ1n) is 8.32. The largest absolute Gasteiger partial charge is 0.493 e. The van der Waals surface area contributed by atoms with Gasteiger partial charge in [0.1, 0.15) is 11.3 Å². The number of methoxy groups -OCH3 is 1. The fourth-order valence-electron chi connectivity index (χ4n) is 2.70. The third-order valence-electron chi connectivity index (χ3n) is 3.84. The smallest absolute Gasteiger partial charge is 0.290 e. The molecule has 2 aromatic heterocycles. The van der Waals surface area contributed by atoms with Gasteiger partial charge in [-0.05, 0) is 43.7 Å². The molecule has 1 aromatic carbocycles. The van der Waals surface area contributed by atoms with Crippen molar-refractivity contribution in [3.05, 3.63) is 58.5 Å². The van der Waals surface area contributed by atoms with Crippen LogP contribution in [0, 0.1) is 6.92 Å². The van der Waals surface area contributed by atoms with Crippen LogP contribution in [-0.2, 0) is 0 Å².